The van der Waals surface area contributed by atoms with E-state index in [1.54, 1.807) is 24.3 Å². The van der Waals surface area contributed by atoms with E-state index in [9.17, 15) is 33.0 Å². The first kappa shape index (κ1) is 29.6. The van der Waals surface area contributed by atoms with Crippen LogP contribution in [0.5, 0.6) is 11.5 Å². The van der Waals surface area contributed by atoms with Crippen molar-refractivity contribution in [1.29, 1.82) is 0 Å². The number of halogens is 4. The molecule has 11 heteroatoms. The number of hydrogen-bond donors (Lipinski definition) is 3. The van der Waals surface area contributed by atoms with Gasteiger partial charge in [-0.3, -0.25) is 4.79 Å². The standard InChI is InChI=1S/C32H31ClF3NO6/c33-31-14-20-13-30(17-31,12-11-22(20)25(38)15-31)27(29(40)41)37-28(39)24-10-7-19-3-1-2-4-23(19)26(24)42-16-18-5-8-21(9-6-18)43-32(34,35)36/h1-10,20,22,25,27,38H,11-17H2,(H,37,39)(H,40,41)/t20?,22?,25?,27-,30?,31?/m1/s1. The fourth-order valence-electron chi connectivity index (χ4n) is 7.78. The fourth-order valence-corrected chi connectivity index (χ4v) is 8.40. The molecule has 3 fully saturated rings. The minimum absolute atomic E-state index is 0.0625. The molecule has 6 atom stereocenters. The Hall–Kier alpha value is -3.50. The lowest BCUT2D eigenvalue weighted by molar-refractivity contribution is -0.274. The molecule has 3 aliphatic carbocycles. The molecule has 3 bridgehead atoms. The molecule has 3 aromatic carbocycles. The first-order valence-corrected chi connectivity index (χ1v) is 14.6. The van der Waals surface area contributed by atoms with E-state index in [2.05, 4.69) is 10.1 Å². The van der Waals surface area contributed by atoms with Gasteiger partial charge in [-0.15, -0.1) is 24.8 Å². The maximum Gasteiger partial charge on any atom is 0.573 e. The molecule has 0 heterocycles. The molecular formula is C32H31ClF3NO6. The number of aliphatic hydroxyl groups is 1. The number of alkyl halides is 4. The molecule has 6 rings (SSSR count). The number of carbonyl (C=O) groups excluding carboxylic acids is 1. The van der Waals surface area contributed by atoms with Crippen molar-refractivity contribution in [3.05, 3.63) is 71.8 Å². The number of benzene rings is 3. The second-order valence-corrected chi connectivity index (χ2v) is 13.0. The third-order valence-electron chi connectivity index (χ3n) is 9.41. The van der Waals surface area contributed by atoms with Crippen molar-refractivity contribution >= 4 is 34.2 Å². The molecule has 43 heavy (non-hydrogen) atoms. The summed E-state index contributed by atoms with van der Waals surface area (Å²) < 4.78 is 47.7. The van der Waals surface area contributed by atoms with Gasteiger partial charge >= 0.3 is 12.3 Å². The van der Waals surface area contributed by atoms with Crippen LogP contribution in [0.2, 0.25) is 0 Å². The Kier molecular flexibility index (Phi) is 7.49. The van der Waals surface area contributed by atoms with Crippen LogP contribution < -0.4 is 14.8 Å². The van der Waals surface area contributed by atoms with E-state index < -0.39 is 40.7 Å². The highest BCUT2D eigenvalue weighted by Gasteiger charge is 2.61. The minimum atomic E-state index is -4.81. The summed E-state index contributed by atoms with van der Waals surface area (Å²) in [4.78, 5) is 25.9. The summed E-state index contributed by atoms with van der Waals surface area (Å²) in [5.41, 5.74) is -0.0729. The number of fused-ring (bicyclic) bond motifs is 3. The van der Waals surface area contributed by atoms with Crippen molar-refractivity contribution in [3.63, 3.8) is 0 Å². The first-order chi connectivity index (χ1) is 20.3. The van der Waals surface area contributed by atoms with Crippen LogP contribution >= 0.6 is 11.6 Å². The second kappa shape index (κ2) is 10.9. The summed E-state index contributed by atoms with van der Waals surface area (Å²) >= 11 is 6.97. The van der Waals surface area contributed by atoms with Gasteiger partial charge in [0.1, 0.15) is 24.1 Å². The molecule has 0 aliphatic heterocycles. The Morgan fingerprint density at radius 3 is 2.51 bits per heavy atom. The number of aliphatic carboxylic acids is 1. The van der Waals surface area contributed by atoms with Gasteiger partial charge in [-0.2, -0.15) is 0 Å². The molecule has 228 valence electrons. The summed E-state index contributed by atoms with van der Waals surface area (Å²) in [6.45, 7) is -0.0625. The number of hydrogen-bond acceptors (Lipinski definition) is 5. The van der Waals surface area contributed by atoms with Crippen molar-refractivity contribution < 1.29 is 42.4 Å². The maximum absolute atomic E-state index is 13.9. The van der Waals surface area contributed by atoms with Gasteiger partial charge in [0, 0.05) is 15.7 Å². The topological polar surface area (TPSA) is 105 Å². The summed E-state index contributed by atoms with van der Waals surface area (Å²) in [6, 6.07) is 14.6. The van der Waals surface area contributed by atoms with Crippen molar-refractivity contribution in [2.45, 2.75) is 68.5 Å². The Morgan fingerprint density at radius 2 is 1.79 bits per heavy atom. The van der Waals surface area contributed by atoms with Crippen molar-refractivity contribution in [2.75, 3.05) is 0 Å². The molecule has 0 spiro atoms. The van der Waals surface area contributed by atoms with Crippen molar-refractivity contribution in [1.82, 2.24) is 5.32 Å². The number of carboxylic acid groups (broad SMARTS) is 1. The van der Waals surface area contributed by atoms with Crippen LogP contribution in [0.3, 0.4) is 0 Å². The summed E-state index contributed by atoms with van der Waals surface area (Å²) in [7, 11) is 0. The van der Waals surface area contributed by atoms with E-state index in [0.29, 0.717) is 43.1 Å². The lowest BCUT2D eigenvalue weighted by Crippen LogP contribution is -2.63. The molecule has 0 radical (unpaired) electrons. The average molecular weight is 618 g/mol. The van der Waals surface area contributed by atoms with Crippen LogP contribution in [0.25, 0.3) is 10.8 Å². The zero-order valence-corrected chi connectivity index (χ0v) is 23.8. The SMILES string of the molecule is O=C(N[C@H](C(=O)O)C12CCC3C(O)CC(Cl)(CC3C1)C2)c1ccc2ccccc2c1OCc1ccc(OC(F)(F)F)cc1. The van der Waals surface area contributed by atoms with Gasteiger partial charge in [0.2, 0.25) is 0 Å². The van der Waals surface area contributed by atoms with Gasteiger partial charge in [0.25, 0.3) is 5.91 Å². The molecule has 1 amide bonds. The third-order valence-corrected chi connectivity index (χ3v) is 9.86. The monoisotopic (exact) mass is 617 g/mol. The number of carboxylic acids is 1. The molecule has 0 aromatic heterocycles. The van der Waals surface area contributed by atoms with Crippen LogP contribution in [-0.4, -0.2) is 45.5 Å². The molecule has 5 unspecified atom stereocenters. The zero-order chi connectivity index (χ0) is 30.6. The van der Waals surface area contributed by atoms with Gasteiger partial charge in [-0.25, -0.2) is 4.79 Å². The van der Waals surface area contributed by atoms with Crippen LogP contribution in [-0.2, 0) is 11.4 Å². The minimum Gasteiger partial charge on any atom is -0.487 e. The Balaban J connectivity index is 1.27. The molecule has 3 saturated carbocycles. The maximum atomic E-state index is 13.9. The van der Waals surface area contributed by atoms with Crippen LogP contribution in [0, 0.1) is 17.3 Å². The highest BCUT2D eigenvalue weighted by molar-refractivity contribution is 6.24. The van der Waals surface area contributed by atoms with Gasteiger partial charge < -0.3 is 25.0 Å². The second-order valence-electron chi connectivity index (χ2n) is 12.2. The van der Waals surface area contributed by atoms with E-state index in [1.807, 2.05) is 12.1 Å². The molecule has 7 nitrogen and oxygen atoms in total. The lowest BCUT2D eigenvalue weighted by atomic mass is 9.48. The quantitative estimate of drug-likeness (QED) is 0.251. The van der Waals surface area contributed by atoms with Gasteiger partial charge in [-0.1, -0.05) is 42.5 Å². The molecule has 0 saturated heterocycles. The highest BCUT2D eigenvalue weighted by atomic mass is 35.5. The van der Waals surface area contributed by atoms with Crippen LogP contribution in [0.4, 0.5) is 13.2 Å². The van der Waals surface area contributed by atoms with E-state index in [4.69, 9.17) is 16.3 Å². The van der Waals surface area contributed by atoms with Crippen LogP contribution in [0.15, 0.2) is 60.7 Å². The van der Waals surface area contributed by atoms with E-state index in [0.717, 1.165) is 11.8 Å². The van der Waals surface area contributed by atoms with Gasteiger partial charge in [0.15, 0.2) is 0 Å². The van der Waals surface area contributed by atoms with Gasteiger partial charge in [-0.05, 0) is 79.5 Å². The Morgan fingerprint density at radius 1 is 1.05 bits per heavy atom. The summed E-state index contributed by atoms with van der Waals surface area (Å²) in [5.74, 6) is -1.71. The number of amides is 1. The fraction of sp³-hybridized carbons (Fsp3) is 0.438. The number of rotatable bonds is 8. The van der Waals surface area contributed by atoms with Crippen LogP contribution in [0.1, 0.15) is 54.4 Å². The first-order valence-electron chi connectivity index (χ1n) is 14.2. The average Bonchev–Trinajstić information content (AvgIpc) is 2.93. The Bertz CT molecular complexity index is 1540. The smallest absolute Gasteiger partial charge is 0.487 e. The predicted molar refractivity (Wildman–Crippen MR) is 152 cm³/mol. The number of nitrogens with one attached hydrogen (secondary N) is 1. The van der Waals surface area contributed by atoms with E-state index in [-0.39, 0.29) is 35.5 Å². The largest absolute Gasteiger partial charge is 0.573 e. The lowest BCUT2D eigenvalue weighted by Gasteiger charge is -2.60. The molecule has 3 aromatic rings. The number of ether oxygens (including phenoxy) is 2. The van der Waals surface area contributed by atoms with Gasteiger partial charge in [0.05, 0.1) is 11.7 Å². The summed E-state index contributed by atoms with van der Waals surface area (Å²) in [5, 5.41) is 25.3. The summed E-state index contributed by atoms with van der Waals surface area (Å²) in [6.07, 6.45) is -2.02. The van der Waals surface area contributed by atoms with E-state index >= 15 is 0 Å². The molecule has 3 aliphatic rings. The molecule has 3 N–H and O–H groups in total. The number of carbonyl (C=O) groups is 2. The third kappa shape index (κ3) is 5.87. The van der Waals surface area contributed by atoms with Crippen molar-refractivity contribution in [3.8, 4) is 11.5 Å². The zero-order valence-electron chi connectivity index (χ0n) is 23.1. The normalized spacial score (nSPS) is 28.7. The predicted octanol–water partition coefficient (Wildman–Crippen LogP) is 6.44. The van der Waals surface area contributed by atoms with E-state index in [1.165, 1.54) is 24.3 Å². The highest BCUT2D eigenvalue weighted by Crippen LogP contribution is 2.63. The number of aliphatic hydroxyl groups excluding tert-OH is 1. The molecular weight excluding hydrogens is 587 g/mol. The van der Waals surface area contributed by atoms with Crippen molar-refractivity contribution in [2.24, 2.45) is 17.3 Å². The Labute approximate surface area is 250 Å².